The van der Waals surface area contributed by atoms with Crippen LogP contribution in [0.15, 0.2) is 12.8 Å². The second kappa shape index (κ2) is 6.65. The highest BCUT2D eigenvalue weighted by molar-refractivity contribution is 5.70. The van der Waals surface area contributed by atoms with E-state index in [4.69, 9.17) is 0 Å². The molecule has 0 heterocycles. The van der Waals surface area contributed by atoms with Gasteiger partial charge in [-0.3, -0.25) is 0 Å². The second-order valence-corrected chi connectivity index (χ2v) is 0.907. The minimum atomic E-state index is -0.352. The first-order valence-electron chi connectivity index (χ1n) is 1.91. The molecule has 0 spiro atoms. The van der Waals surface area contributed by atoms with Crippen LogP contribution in [0.25, 0.3) is 0 Å². The van der Waals surface area contributed by atoms with E-state index in [0.717, 1.165) is 6.26 Å². The zero-order valence-electron chi connectivity index (χ0n) is 4.39. The molecule has 0 fully saturated rings. The molecule has 0 bridgehead atoms. The highest BCUT2D eigenvalue weighted by Gasteiger charge is 1.93. The van der Waals surface area contributed by atoms with Crippen LogP contribution in [0.2, 0.25) is 0 Å². The van der Waals surface area contributed by atoms with Crippen molar-refractivity contribution in [3.63, 3.8) is 0 Å². The molecular weight excluding hydrogens is 174 g/mol. The van der Waals surface area contributed by atoms with Gasteiger partial charge in [0.15, 0.2) is 6.54 Å². The quantitative estimate of drug-likeness (QED) is 0.348. The summed E-state index contributed by atoms with van der Waals surface area (Å²) in [6.45, 7) is 3.34. The molecule has 0 aliphatic rings. The SMILES string of the molecule is C=COC(=O)C[NH3+].[Br-]. The molecular formula is C4H8BrNO2. The van der Waals surface area contributed by atoms with E-state index in [1.807, 2.05) is 0 Å². The van der Waals surface area contributed by atoms with E-state index in [1.54, 1.807) is 0 Å². The molecule has 0 aromatic heterocycles. The van der Waals surface area contributed by atoms with Crippen molar-refractivity contribution in [2.75, 3.05) is 6.54 Å². The van der Waals surface area contributed by atoms with E-state index >= 15 is 0 Å². The molecule has 0 saturated carbocycles. The average Bonchev–Trinajstić information content (AvgIpc) is 1.68. The van der Waals surface area contributed by atoms with Gasteiger partial charge in [-0.15, -0.1) is 0 Å². The minimum Gasteiger partial charge on any atom is -1.00 e. The molecule has 3 N–H and O–H groups in total. The number of rotatable bonds is 2. The van der Waals surface area contributed by atoms with Crippen LogP contribution in [-0.4, -0.2) is 12.5 Å². The van der Waals surface area contributed by atoms with Crippen LogP contribution in [0.3, 0.4) is 0 Å². The number of hydrogen-bond donors (Lipinski definition) is 1. The summed E-state index contributed by atoms with van der Waals surface area (Å²) in [6, 6.07) is 0. The van der Waals surface area contributed by atoms with Gasteiger partial charge in [-0.25, -0.2) is 4.79 Å². The van der Waals surface area contributed by atoms with Gasteiger partial charge in [0.25, 0.3) is 0 Å². The lowest BCUT2D eigenvalue weighted by molar-refractivity contribution is -0.358. The molecule has 4 heteroatoms. The third-order valence-electron chi connectivity index (χ3n) is 0.419. The van der Waals surface area contributed by atoms with Gasteiger partial charge in [0.05, 0.1) is 6.26 Å². The molecule has 0 amide bonds. The van der Waals surface area contributed by atoms with Crippen LogP contribution < -0.4 is 22.7 Å². The van der Waals surface area contributed by atoms with Crippen molar-refractivity contribution < 1.29 is 32.2 Å². The van der Waals surface area contributed by atoms with E-state index in [-0.39, 0.29) is 29.5 Å². The molecule has 0 rings (SSSR count). The summed E-state index contributed by atoms with van der Waals surface area (Å²) in [7, 11) is 0. The largest absolute Gasteiger partial charge is 1.00 e. The van der Waals surface area contributed by atoms with E-state index in [1.165, 1.54) is 0 Å². The summed E-state index contributed by atoms with van der Waals surface area (Å²) < 4.78 is 4.25. The fraction of sp³-hybridized carbons (Fsp3) is 0.250. The van der Waals surface area contributed by atoms with Gasteiger partial charge < -0.3 is 27.5 Å². The summed E-state index contributed by atoms with van der Waals surface area (Å²) in [5, 5.41) is 0. The van der Waals surface area contributed by atoms with Crippen LogP contribution in [0.5, 0.6) is 0 Å². The maximum atomic E-state index is 10.1. The van der Waals surface area contributed by atoms with Crippen molar-refractivity contribution in [2.24, 2.45) is 0 Å². The Kier molecular flexibility index (Phi) is 8.81. The molecule has 0 aromatic rings. The molecule has 0 aromatic carbocycles. The number of ether oxygens (including phenoxy) is 1. The Hall–Kier alpha value is -0.350. The fourth-order valence-electron chi connectivity index (χ4n) is 0.152. The lowest BCUT2D eigenvalue weighted by atomic mass is 10.7. The van der Waals surface area contributed by atoms with Gasteiger partial charge in [0.1, 0.15) is 0 Å². The highest BCUT2D eigenvalue weighted by atomic mass is 79.9. The van der Waals surface area contributed by atoms with Crippen molar-refractivity contribution in [1.82, 2.24) is 0 Å². The maximum Gasteiger partial charge on any atom is 0.366 e. The molecule has 0 saturated heterocycles. The first-order valence-corrected chi connectivity index (χ1v) is 1.91. The second-order valence-electron chi connectivity index (χ2n) is 0.907. The number of quaternary nitrogens is 1. The molecule has 0 aliphatic heterocycles. The van der Waals surface area contributed by atoms with Gasteiger partial charge in [-0.2, -0.15) is 0 Å². The van der Waals surface area contributed by atoms with E-state index in [2.05, 4.69) is 17.0 Å². The van der Waals surface area contributed by atoms with Crippen LogP contribution in [0.1, 0.15) is 0 Å². The van der Waals surface area contributed by atoms with E-state index < -0.39 is 0 Å². The van der Waals surface area contributed by atoms with Gasteiger partial charge in [0.2, 0.25) is 0 Å². The summed E-state index contributed by atoms with van der Waals surface area (Å²) >= 11 is 0. The standard InChI is InChI=1S/C4H7NO2.BrH/c1-2-7-4(6)3-5;/h2H,1,3,5H2;1H. The zero-order chi connectivity index (χ0) is 5.70. The normalized spacial score (nSPS) is 6.62. The Morgan fingerprint density at radius 2 is 2.38 bits per heavy atom. The van der Waals surface area contributed by atoms with Crippen LogP contribution >= 0.6 is 0 Å². The predicted octanol–water partition coefficient (Wildman–Crippen LogP) is -4.08. The first-order chi connectivity index (χ1) is 3.31. The number of halogens is 1. The van der Waals surface area contributed by atoms with Crippen molar-refractivity contribution in [1.29, 1.82) is 0 Å². The molecule has 0 aliphatic carbocycles. The zero-order valence-corrected chi connectivity index (χ0v) is 5.98. The Balaban J connectivity index is 0. The smallest absolute Gasteiger partial charge is 0.366 e. The minimum absolute atomic E-state index is 0. The molecule has 0 atom stereocenters. The molecule has 0 unspecified atom stereocenters. The molecule has 8 heavy (non-hydrogen) atoms. The lowest BCUT2D eigenvalue weighted by Gasteiger charge is -1.86. The topological polar surface area (TPSA) is 53.9 Å². The van der Waals surface area contributed by atoms with E-state index in [9.17, 15) is 4.79 Å². The summed E-state index contributed by atoms with van der Waals surface area (Å²) in [4.78, 5) is 10.1. The van der Waals surface area contributed by atoms with Crippen LogP contribution in [0.4, 0.5) is 0 Å². The molecule has 48 valence electrons. The number of carbonyl (C=O) groups excluding carboxylic acids is 1. The number of esters is 1. The summed E-state index contributed by atoms with van der Waals surface area (Å²) in [5.74, 6) is -0.352. The molecule has 0 radical (unpaired) electrons. The number of hydrogen-bond acceptors (Lipinski definition) is 2. The Morgan fingerprint density at radius 1 is 1.88 bits per heavy atom. The van der Waals surface area contributed by atoms with Crippen LogP contribution in [0, 0.1) is 0 Å². The van der Waals surface area contributed by atoms with Gasteiger partial charge in [0, 0.05) is 0 Å². The van der Waals surface area contributed by atoms with Gasteiger partial charge >= 0.3 is 5.97 Å². The van der Waals surface area contributed by atoms with Crippen LogP contribution in [-0.2, 0) is 9.53 Å². The summed E-state index contributed by atoms with van der Waals surface area (Å²) in [6.07, 6.45) is 1.09. The van der Waals surface area contributed by atoms with Gasteiger partial charge in [-0.1, -0.05) is 6.58 Å². The predicted molar refractivity (Wildman–Crippen MR) is 24.0 cm³/mol. The Bertz CT molecular complexity index is 84.1. The Labute approximate surface area is 58.3 Å². The van der Waals surface area contributed by atoms with Crippen molar-refractivity contribution in [2.45, 2.75) is 0 Å². The Morgan fingerprint density at radius 3 is 2.50 bits per heavy atom. The molecule has 3 nitrogen and oxygen atoms in total. The van der Waals surface area contributed by atoms with Crippen molar-refractivity contribution in [3.05, 3.63) is 12.8 Å². The van der Waals surface area contributed by atoms with Gasteiger partial charge in [-0.05, 0) is 0 Å². The average molecular weight is 182 g/mol. The van der Waals surface area contributed by atoms with Crippen molar-refractivity contribution in [3.8, 4) is 0 Å². The first kappa shape index (κ1) is 10.6. The highest BCUT2D eigenvalue weighted by Crippen LogP contribution is 1.69. The monoisotopic (exact) mass is 181 g/mol. The fourth-order valence-corrected chi connectivity index (χ4v) is 0.152. The third-order valence-corrected chi connectivity index (χ3v) is 0.419. The summed E-state index contributed by atoms with van der Waals surface area (Å²) in [5.41, 5.74) is 3.28. The number of carbonyl (C=O) groups is 1. The van der Waals surface area contributed by atoms with E-state index in [0.29, 0.717) is 0 Å². The third kappa shape index (κ3) is 5.65. The van der Waals surface area contributed by atoms with Crippen molar-refractivity contribution >= 4 is 5.97 Å². The lowest BCUT2D eigenvalue weighted by Crippen LogP contribution is -3.00. The maximum absolute atomic E-state index is 10.1.